The van der Waals surface area contributed by atoms with Crippen LogP contribution in [0.15, 0.2) is 47.3 Å². The fourth-order valence-electron chi connectivity index (χ4n) is 2.58. The van der Waals surface area contributed by atoms with Gasteiger partial charge in [0.15, 0.2) is 0 Å². The first-order chi connectivity index (χ1) is 12.2. The standard InChI is InChI=1S/C19H26N4O2/c1-3-22(4-2)19(25)20-14-8-9-15-23-18(24)13-12-17(21-23)16-10-6-5-7-11-16/h5-7,10-13H,3-4,8-9,14-15H2,1-2H3,(H,20,25). The maximum Gasteiger partial charge on any atom is 0.317 e. The van der Waals surface area contributed by atoms with Gasteiger partial charge in [0.25, 0.3) is 5.56 Å². The molecule has 0 aliphatic carbocycles. The van der Waals surface area contributed by atoms with E-state index in [1.807, 2.05) is 44.2 Å². The van der Waals surface area contributed by atoms with Crippen LogP contribution in [0.5, 0.6) is 0 Å². The first-order valence-electron chi connectivity index (χ1n) is 8.82. The molecule has 6 heteroatoms. The van der Waals surface area contributed by atoms with E-state index in [1.165, 1.54) is 4.68 Å². The lowest BCUT2D eigenvalue weighted by Crippen LogP contribution is -2.40. The van der Waals surface area contributed by atoms with Crippen molar-refractivity contribution in [3.63, 3.8) is 0 Å². The van der Waals surface area contributed by atoms with Crippen LogP contribution in [0.1, 0.15) is 26.7 Å². The van der Waals surface area contributed by atoms with Gasteiger partial charge in [-0.3, -0.25) is 4.79 Å². The molecule has 0 aliphatic rings. The summed E-state index contributed by atoms with van der Waals surface area (Å²) in [5.74, 6) is 0. The second kappa shape index (κ2) is 9.61. The van der Waals surface area contributed by atoms with Crippen molar-refractivity contribution in [1.82, 2.24) is 20.0 Å². The third kappa shape index (κ3) is 5.45. The van der Waals surface area contributed by atoms with Gasteiger partial charge in [-0.05, 0) is 32.8 Å². The first-order valence-corrected chi connectivity index (χ1v) is 8.82. The van der Waals surface area contributed by atoms with Gasteiger partial charge in [-0.15, -0.1) is 0 Å². The van der Waals surface area contributed by atoms with E-state index in [1.54, 1.807) is 17.0 Å². The van der Waals surface area contributed by atoms with Gasteiger partial charge in [0.05, 0.1) is 5.69 Å². The van der Waals surface area contributed by atoms with Crippen LogP contribution in [0.3, 0.4) is 0 Å². The summed E-state index contributed by atoms with van der Waals surface area (Å²) in [6, 6.07) is 13.1. The minimum atomic E-state index is -0.105. The molecule has 0 fully saturated rings. The number of carbonyl (C=O) groups is 1. The second-order valence-electron chi connectivity index (χ2n) is 5.76. The summed E-state index contributed by atoms with van der Waals surface area (Å²) < 4.78 is 1.49. The van der Waals surface area contributed by atoms with E-state index in [9.17, 15) is 9.59 Å². The van der Waals surface area contributed by atoms with Crippen molar-refractivity contribution in [2.24, 2.45) is 0 Å². The van der Waals surface area contributed by atoms with Gasteiger partial charge in [-0.2, -0.15) is 5.10 Å². The monoisotopic (exact) mass is 342 g/mol. The quantitative estimate of drug-likeness (QED) is 0.750. The molecule has 0 saturated carbocycles. The average Bonchev–Trinajstić information content (AvgIpc) is 2.64. The molecule has 0 unspecified atom stereocenters. The van der Waals surface area contributed by atoms with E-state index >= 15 is 0 Å². The van der Waals surface area contributed by atoms with Gasteiger partial charge in [0.2, 0.25) is 0 Å². The summed E-state index contributed by atoms with van der Waals surface area (Å²) in [5.41, 5.74) is 1.67. The van der Waals surface area contributed by atoms with Crippen LogP contribution in [-0.2, 0) is 6.54 Å². The van der Waals surface area contributed by atoms with Crippen molar-refractivity contribution >= 4 is 6.03 Å². The summed E-state index contributed by atoms with van der Waals surface area (Å²) in [6.07, 6.45) is 1.58. The minimum absolute atomic E-state index is 0.0358. The molecule has 134 valence electrons. The molecule has 2 rings (SSSR count). The first kappa shape index (κ1) is 18.7. The molecule has 0 saturated heterocycles. The molecule has 0 spiro atoms. The van der Waals surface area contributed by atoms with E-state index < -0.39 is 0 Å². The Morgan fingerprint density at radius 1 is 1.08 bits per heavy atom. The lowest BCUT2D eigenvalue weighted by molar-refractivity contribution is 0.203. The molecule has 1 heterocycles. The predicted molar refractivity (Wildman–Crippen MR) is 99.5 cm³/mol. The normalized spacial score (nSPS) is 10.5. The third-order valence-corrected chi connectivity index (χ3v) is 4.06. The fraction of sp³-hybridized carbons (Fsp3) is 0.421. The molecule has 0 radical (unpaired) electrons. The highest BCUT2D eigenvalue weighted by molar-refractivity contribution is 5.73. The van der Waals surface area contributed by atoms with Gasteiger partial charge in [0, 0.05) is 37.8 Å². The molecule has 0 aliphatic heterocycles. The Morgan fingerprint density at radius 3 is 2.48 bits per heavy atom. The zero-order valence-electron chi connectivity index (χ0n) is 14.9. The maximum atomic E-state index is 12.0. The van der Waals surface area contributed by atoms with E-state index in [0.29, 0.717) is 26.2 Å². The van der Waals surface area contributed by atoms with Gasteiger partial charge < -0.3 is 10.2 Å². The Labute approximate surface area is 148 Å². The maximum absolute atomic E-state index is 12.0. The number of unbranched alkanes of at least 4 members (excludes halogenated alkanes) is 1. The summed E-state index contributed by atoms with van der Waals surface area (Å²) >= 11 is 0. The Morgan fingerprint density at radius 2 is 1.80 bits per heavy atom. The number of benzene rings is 1. The van der Waals surface area contributed by atoms with Crippen molar-refractivity contribution in [2.75, 3.05) is 19.6 Å². The van der Waals surface area contributed by atoms with Crippen molar-refractivity contribution in [2.45, 2.75) is 33.2 Å². The van der Waals surface area contributed by atoms with Crippen molar-refractivity contribution in [3.05, 3.63) is 52.8 Å². The Hall–Kier alpha value is -2.63. The molecule has 2 aromatic rings. The SMILES string of the molecule is CCN(CC)C(=O)NCCCCn1nc(-c2ccccc2)ccc1=O. The zero-order valence-corrected chi connectivity index (χ0v) is 14.9. The van der Waals surface area contributed by atoms with E-state index in [-0.39, 0.29) is 11.6 Å². The molecule has 1 N–H and O–H groups in total. The van der Waals surface area contributed by atoms with E-state index in [0.717, 1.165) is 24.1 Å². The van der Waals surface area contributed by atoms with Gasteiger partial charge in [-0.1, -0.05) is 30.3 Å². The van der Waals surface area contributed by atoms with Gasteiger partial charge >= 0.3 is 6.03 Å². The van der Waals surface area contributed by atoms with Crippen LogP contribution in [-0.4, -0.2) is 40.3 Å². The lowest BCUT2D eigenvalue weighted by atomic mass is 10.1. The largest absolute Gasteiger partial charge is 0.338 e. The predicted octanol–water partition coefficient (Wildman–Crippen LogP) is 2.74. The van der Waals surface area contributed by atoms with Crippen molar-refractivity contribution < 1.29 is 4.79 Å². The number of carbonyl (C=O) groups excluding carboxylic acids is 1. The molecule has 1 aromatic heterocycles. The fourth-order valence-corrected chi connectivity index (χ4v) is 2.58. The molecule has 25 heavy (non-hydrogen) atoms. The number of hydrogen-bond donors (Lipinski definition) is 1. The number of nitrogens with one attached hydrogen (secondary N) is 1. The summed E-state index contributed by atoms with van der Waals surface area (Å²) in [4.78, 5) is 25.6. The lowest BCUT2D eigenvalue weighted by Gasteiger charge is -2.19. The molecule has 1 aromatic carbocycles. The molecule has 0 bridgehead atoms. The summed E-state index contributed by atoms with van der Waals surface area (Å²) in [5, 5.41) is 7.34. The van der Waals surface area contributed by atoms with Crippen molar-refractivity contribution in [1.29, 1.82) is 0 Å². The smallest absolute Gasteiger partial charge is 0.317 e. The second-order valence-corrected chi connectivity index (χ2v) is 5.76. The molecule has 0 atom stereocenters. The number of nitrogens with zero attached hydrogens (tertiary/aromatic N) is 3. The van der Waals surface area contributed by atoms with E-state index in [2.05, 4.69) is 10.4 Å². The van der Waals surface area contributed by atoms with Crippen LogP contribution in [0.4, 0.5) is 4.79 Å². The minimum Gasteiger partial charge on any atom is -0.338 e. The number of aromatic nitrogens is 2. The summed E-state index contributed by atoms with van der Waals surface area (Å²) in [7, 11) is 0. The Bertz CT molecular complexity index is 724. The highest BCUT2D eigenvalue weighted by atomic mass is 16.2. The molecule has 6 nitrogen and oxygen atoms in total. The van der Waals surface area contributed by atoms with Crippen LogP contribution in [0, 0.1) is 0 Å². The molecule has 2 amide bonds. The third-order valence-electron chi connectivity index (χ3n) is 4.06. The zero-order chi connectivity index (χ0) is 18.1. The number of rotatable bonds is 8. The Balaban J connectivity index is 1.85. The molecular formula is C19H26N4O2. The number of amides is 2. The van der Waals surface area contributed by atoms with Crippen LogP contribution >= 0.6 is 0 Å². The van der Waals surface area contributed by atoms with Crippen LogP contribution in [0.2, 0.25) is 0 Å². The Kier molecular flexibility index (Phi) is 7.19. The average molecular weight is 342 g/mol. The van der Waals surface area contributed by atoms with Gasteiger partial charge in [0.1, 0.15) is 0 Å². The van der Waals surface area contributed by atoms with Crippen molar-refractivity contribution in [3.8, 4) is 11.3 Å². The number of urea groups is 1. The topological polar surface area (TPSA) is 67.2 Å². The van der Waals surface area contributed by atoms with E-state index in [4.69, 9.17) is 0 Å². The molecular weight excluding hydrogens is 316 g/mol. The van der Waals surface area contributed by atoms with Gasteiger partial charge in [-0.25, -0.2) is 9.48 Å². The van der Waals surface area contributed by atoms with Crippen LogP contribution < -0.4 is 10.9 Å². The number of aryl methyl sites for hydroxylation is 1. The highest BCUT2D eigenvalue weighted by Crippen LogP contribution is 2.14. The number of hydrogen-bond acceptors (Lipinski definition) is 3. The highest BCUT2D eigenvalue weighted by Gasteiger charge is 2.07. The summed E-state index contributed by atoms with van der Waals surface area (Å²) in [6.45, 7) is 6.47. The van der Waals surface area contributed by atoms with Crippen LogP contribution in [0.25, 0.3) is 11.3 Å².